The van der Waals surface area contributed by atoms with Crippen LogP contribution in [0.2, 0.25) is 0 Å². The number of fused-ring (bicyclic) bond motifs is 3. The van der Waals surface area contributed by atoms with Crippen LogP contribution >= 0.6 is 0 Å². The highest BCUT2D eigenvalue weighted by atomic mass is 16.2. The Morgan fingerprint density at radius 3 is 2.26 bits per heavy atom. The SMILES string of the molecule is CC1C(=O)N(C(=O)[C@H](C)NC(=O)Cc2ccc(-c3ccccc3)cc2)c2cccc(N)c2-c2ccccc21. The molecule has 0 saturated heterocycles. The monoisotopic (exact) mass is 503 g/mol. The van der Waals surface area contributed by atoms with Gasteiger partial charge in [-0.1, -0.05) is 84.9 Å². The van der Waals surface area contributed by atoms with Gasteiger partial charge in [0.25, 0.3) is 5.91 Å². The van der Waals surface area contributed by atoms with Crippen LogP contribution in [0.3, 0.4) is 0 Å². The summed E-state index contributed by atoms with van der Waals surface area (Å²) in [5.41, 5.74) is 12.5. The van der Waals surface area contributed by atoms with E-state index in [1.165, 1.54) is 4.90 Å². The molecule has 1 aliphatic heterocycles. The van der Waals surface area contributed by atoms with Crippen molar-refractivity contribution in [3.8, 4) is 22.3 Å². The molecule has 4 aromatic carbocycles. The minimum atomic E-state index is -0.919. The van der Waals surface area contributed by atoms with Crippen LogP contribution in [0.25, 0.3) is 22.3 Å². The van der Waals surface area contributed by atoms with Gasteiger partial charge in [-0.3, -0.25) is 14.4 Å². The predicted octanol–water partition coefficient (Wildman–Crippen LogP) is 5.33. The first-order valence-corrected chi connectivity index (χ1v) is 12.6. The molecule has 1 heterocycles. The van der Waals surface area contributed by atoms with Crippen LogP contribution in [-0.2, 0) is 20.8 Å². The maximum atomic E-state index is 13.7. The first-order chi connectivity index (χ1) is 18.3. The van der Waals surface area contributed by atoms with E-state index in [2.05, 4.69) is 5.32 Å². The molecular formula is C32H29N3O3. The lowest BCUT2D eigenvalue weighted by atomic mass is 9.92. The minimum absolute atomic E-state index is 0.117. The van der Waals surface area contributed by atoms with E-state index in [0.717, 1.165) is 27.8 Å². The van der Waals surface area contributed by atoms with Gasteiger partial charge in [-0.2, -0.15) is 0 Å². The topological polar surface area (TPSA) is 92.5 Å². The fraction of sp³-hybridized carbons (Fsp3) is 0.156. The van der Waals surface area contributed by atoms with E-state index in [-0.39, 0.29) is 18.2 Å². The van der Waals surface area contributed by atoms with Crippen LogP contribution in [0.5, 0.6) is 0 Å². The van der Waals surface area contributed by atoms with Crippen molar-refractivity contribution in [2.24, 2.45) is 0 Å². The average Bonchev–Trinajstić information content (AvgIpc) is 3.02. The highest BCUT2D eigenvalue weighted by Crippen LogP contribution is 2.44. The third-order valence-corrected chi connectivity index (χ3v) is 7.00. The van der Waals surface area contributed by atoms with Crippen molar-refractivity contribution in [2.45, 2.75) is 32.2 Å². The number of nitrogens with zero attached hydrogens (tertiary/aromatic N) is 1. The lowest BCUT2D eigenvalue weighted by Gasteiger charge is -2.26. The van der Waals surface area contributed by atoms with E-state index < -0.39 is 17.9 Å². The zero-order valence-corrected chi connectivity index (χ0v) is 21.3. The number of nitrogens with two attached hydrogens (primary N) is 1. The molecule has 38 heavy (non-hydrogen) atoms. The Balaban J connectivity index is 1.35. The van der Waals surface area contributed by atoms with E-state index in [1.807, 2.05) is 78.9 Å². The molecule has 3 amide bonds. The van der Waals surface area contributed by atoms with Crippen molar-refractivity contribution >= 4 is 29.1 Å². The van der Waals surface area contributed by atoms with Crippen molar-refractivity contribution in [3.05, 3.63) is 108 Å². The second kappa shape index (κ2) is 10.3. The largest absolute Gasteiger partial charge is 0.398 e. The first kappa shape index (κ1) is 25.0. The van der Waals surface area contributed by atoms with E-state index in [0.29, 0.717) is 16.9 Å². The molecule has 4 aromatic rings. The zero-order valence-electron chi connectivity index (χ0n) is 21.3. The van der Waals surface area contributed by atoms with Gasteiger partial charge in [0.05, 0.1) is 18.0 Å². The van der Waals surface area contributed by atoms with Crippen molar-refractivity contribution in [1.82, 2.24) is 5.32 Å². The van der Waals surface area contributed by atoms with Gasteiger partial charge in [-0.25, -0.2) is 4.90 Å². The Hall–Kier alpha value is -4.71. The van der Waals surface area contributed by atoms with Crippen LogP contribution in [0.4, 0.5) is 11.4 Å². The van der Waals surface area contributed by atoms with E-state index in [9.17, 15) is 14.4 Å². The Labute approximate surface area is 222 Å². The fourth-order valence-corrected chi connectivity index (χ4v) is 4.99. The van der Waals surface area contributed by atoms with Crippen LogP contribution < -0.4 is 16.0 Å². The highest BCUT2D eigenvalue weighted by molar-refractivity contribution is 6.22. The van der Waals surface area contributed by atoms with E-state index in [4.69, 9.17) is 5.73 Å². The third kappa shape index (κ3) is 4.68. The minimum Gasteiger partial charge on any atom is -0.398 e. The molecule has 190 valence electrons. The molecule has 0 aromatic heterocycles. The summed E-state index contributed by atoms with van der Waals surface area (Å²) in [4.78, 5) is 41.3. The molecule has 3 N–H and O–H groups in total. The summed E-state index contributed by atoms with van der Waals surface area (Å²) in [6.07, 6.45) is 0.117. The van der Waals surface area contributed by atoms with Crippen molar-refractivity contribution < 1.29 is 14.4 Å². The molecule has 2 atom stereocenters. The van der Waals surface area contributed by atoms with Gasteiger partial charge in [0.1, 0.15) is 6.04 Å². The molecule has 0 saturated carbocycles. The first-order valence-electron chi connectivity index (χ1n) is 12.6. The number of anilines is 2. The van der Waals surface area contributed by atoms with Crippen molar-refractivity contribution in [3.63, 3.8) is 0 Å². The van der Waals surface area contributed by atoms with E-state index in [1.54, 1.807) is 32.0 Å². The normalized spacial score (nSPS) is 15.2. The summed E-state index contributed by atoms with van der Waals surface area (Å²) >= 11 is 0. The van der Waals surface area contributed by atoms with Gasteiger partial charge in [0.2, 0.25) is 11.8 Å². The van der Waals surface area contributed by atoms with Gasteiger partial charge in [-0.05, 0) is 53.8 Å². The van der Waals surface area contributed by atoms with Crippen LogP contribution in [0.15, 0.2) is 97.1 Å². The molecule has 1 aliphatic rings. The summed E-state index contributed by atoms with van der Waals surface area (Å²) in [5, 5.41) is 2.78. The Kier molecular flexibility index (Phi) is 6.79. The molecule has 0 fully saturated rings. The second-order valence-corrected chi connectivity index (χ2v) is 9.59. The van der Waals surface area contributed by atoms with Gasteiger partial charge >= 0.3 is 0 Å². The Bertz CT molecular complexity index is 1510. The fourth-order valence-electron chi connectivity index (χ4n) is 4.99. The third-order valence-electron chi connectivity index (χ3n) is 7.00. The van der Waals surface area contributed by atoms with Gasteiger partial charge < -0.3 is 11.1 Å². The van der Waals surface area contributed by atoms with Gasteiger partial charge in [0.15, 0.2) is 0 Å². The Morgan fingerprint density at radius 2 is 1.53 bits per heavy atom. The predicted molar refractivity (Wildman–Crippen MR) is 150 cm³/mol. The number of carbonyl (C=O) groups is 3. The Morgan fingerprint density at radius 1 is 0.868 bits per heavy atom. The maximum Gasteiger partial charge on any atom is 0.256 e. The zero-order chi connectivity index (χ0) is 26.8. The molecule has 0 radical (unpaired) electrons. The molecule has 6 nitrogen and oxygen atoms in total. The summed E-state index contributed by atoms with van der Waals surface area (Å²) in [7, 11) is 0. The lowest BCUT2D eigenvalue weighted by Crippen LogP contribution is -2.50. The van der Waals surface area contributed by atoms with Gasteiger partial charge in [0, 0.05) is 11.3 Å². The number of benzene rings is 4. The summed E-state index contributed by atoms with van der Waals surface area (Å²) in [6.45, 7) is 3.38. The smallest absolute Gasteiger partial charge is 0.256 e. The molecule has 0 aliphatic carbocycles. The van der Waals surface area contributed by atoms with Crippen LogP contribution in [0, 0.1) is 0 Å². The molecule has 6 heteroatoms. The van der Waals surface area contributed by atoms with Gasteiger partial charge in [-0.15, -0.1) is 0 Å². The average molecular weight is 504 g/mol. The molecular weight excluding hydrogens is 474 g/mol. The molecule has 0 bridgehead atoms. The van der Waals surface area contributed by atoms with E-state index >= 15 is 0 Å². The highest BCUT2D eigenvalue weighted by Gasteiger charge is 2.37. The standard InChI is InChI=1S/C32H29N3O3/c1-20-25-11-6-7-12-26(25)30-27(33)13-8-14-28(30)35(31(20)37)32(38)21(2)34-29(36)19-22-15-17-24(18-16-22)23-9-4-3-5-10-23/h3-18,20-21H,19,33H2,1-2H3,(H,34,36)/t20?,21-/m0/s1. The summed E-state index contributed by atoms with van der Waals surface area (Å²) in [6, 6.07) is 29.6. The van der Waals surface area contributed by atoms with Crippen LogP contribution in [0.1, 0.15) is 30.9 Å². The number of rotatable bonds is 5. The number of imide groups is 1. The molecule has 0 spiro atoms. The number of carbonyl (C=O) groups excluding carboxylic acids is 3. The number of nitrogens with one attached hydrogen (secondary N) is 1. The number of hydrogen-bond acceptors (Lipinski definition) is 4. The number of hydrogen-bond donors (Lipinski definition) is 2. The molecule has 1 unspecified atom stereocenters. The number of amides is 3. The lowest BCUT2D eigenvalue weighted by molar-refractivity contribution is -0.131. The molecule has 5 rings (SSSR count). The quantitative estimate of drug-likeness (QED) is 0.360. The summed E-state index contributed by atoms with van der Waals surface area (Å²) in [5.74, 6) is -1.73. The number of nitrogen functional groups attached to an aromatic ring is 1. The summed E-state index contributed by atoms with van der Waals surface area (Å²) < 4.78 is 0. The van der Waals surface area contributed by atoms with Crippen LogP contribution in [-0.4, -0.2) is 23.8 Å². The second-order valence-electron chi connectivity index (χ2n) is 9.59. The maximum absolute atomic E-state index is 13.7. The van der Waals surface area contributed by atoms with Crippen molar-refractivity contribution in [2.75, 3.05) is 10.6 Å². The van der Waals surface area contributed by atoms with Crippen molar-refractivity contribution in [1.29, 1.82) is 0 Å².